The second kappa shape index (κ2) is 5.22. The second-order valence-corrected chi connectivity index (χ2v) is 6.48. The normalized spacial score (nSPS) is 19.5. The second-order valence-electron chi connectivity index (χ2n) is 6.04. The molecule has 0 radical (unpaired) electrons. The standard InChI is InChI=1S/C16H22ClN/c1-11-8-15(17)7-6-14(11)9-18-10-16(12-2-3-12)13-4-5-13/h6-8,12-13,16,18H,2-5,9-10H2,1H3. The minimum atomic E-state index is 0.838. The monoisotopic (exact) mass is 263 g/mol. The molecule has 1 aromatic rings. The van der Waals surface area contributed by atoms with Crippen molar-refractivity contribution < 1.29 is 0 Å². The first-order chi connectivity index (χ1) is 8.74. The van der Waals surface area contributed by atoms with E-state index in [4.69, 9.17) is 11.6 Å². The molecule has 0 unspecified atom stereocenters. The van der Waals surface area contributed by atoms with E-state index >= 15 is 0 Å². The Balaban J connectivity index is 1.51. The van der Waals surface area contributed by atoms with Crippen LogP contribution in [-0.2, 0) is 6.54 Å². The molecule has 2 fully saturated rings. The smallest absolute Gasteiger partial charge is 0.0408 e. The molecular formula is C16H22ClN. The Morgan fingerprint density at radius 3 is 2.44 bits per heavy atom. The SMILES string of the molecule is Cc1cc(Cl)ccc1CNCC(C1CC1)C1CC1. The average molecular weight is 264 g/mol. The maximum absolute atomic E-state index is 5.98. The third-order valence-electron chi connectivity index (χ3n) is 4.46. The summed E-state index contributed by atoms with van der Waals surface area (Å²) < 4.78 is 0. The summed E-state index contributed by atoms with van der Waals surface area (Å²) in [7, 11) is 0. The van der Waals surface area contributed by atoms with Crippen molar-refractivity contribution in [2.45, 2.75) is 39.2 Å². The molecule has 0 aliphatic heterocycles. The summed E-state index contributed by atoms with van der Waals surface area (Å²) in [6.07, 6.45) is 5.90. The fourth-order valence-electron chi connectivity index (χ4n) is 3.00. The van der Waals surface area contributed by atoms with Gasteiger partial charge in [-0.2, -0.15) is 0 Å². The summed E-state index contributed by atoms with van der Waals surface area (Å²) in [5.74, 6) is 3.03. The van der Waals surface area contributed by atoms with Crippen LogP contribution in [-0.4, -0.2) is 6.54 Å². The maximum atomic E-state index is 5.98. The molecule has 98 valence electrons. The van der Waals surface area contributed by atoms with Gasteiger partial charge in [0.05, 0.1) is 0 Å². The number of rotatable bonds is 6. The van der Waals surface area contributed by atoms with Crippen LogP contribution in [0.25, 0.3) is 0 Å². The molecule has 2 aliphatic carbocycles. The minimum Gasteiger partial charge on any atom is -0.312 e. The lowest BCUT2D eigenvalue weighted by atomic mass is 9.98. The van der Waals surface area contributed by atoms with E-state index in [1.807, 2.05) is 6.07 Å². The molecule has 3 rings (SSSR count). The van der Waals surface area contributed by atoms with Crippen LogP contribution >= 0.6 is 11.6 Å². The van der Waals surface area contributed by atoms with E-state index in [1.54, 1.807) is 0 Å². The van der Waals surface area contributed by atoms with Gasteiger partial charge >= 0.3 is 0 Å². The van der Waals surface area contributed by atoms with Crippen molar-refractivity contribution in [3.63, 3.8) is 0 Å². The Morgan fingerprint density at radius 1 is 1.22 bits per heavy atom. The van der Waals surface area contributed by atoms with E-state index in [9.17, 15) is 0 Å². The van der Waals surface area contributed by atoms with Crippen molar-refractivity contribution in [2.24, 2.45) is 17.8 Å². The summed E-state index contributed by atoms with van der Waals surface area (Å²) in [5.41, 5.74) is 2.68. The number of halogens is 1. The predicted octanol–water partition coefficient (Wildman–Crippen LogP) is 4.17. The van der Waals surface area contributed by atoms with Crippen molar-refractivity contribution in [1.82, 2.24) is 5.32 Å². The highest BCUT2D eigenvalue weighted by molar-refractivity contribution is 6.30. The topological polar surface area (TPSA) is 12.0 Å². The molecule has 1 N–H and O–H groups in total. The molecule has 0 aromatic heterocycles. The zero-order chi connectivity index (χ0) is 12.5. The lowest BCUT2D eigenvalue weighted by molar-refractivity contribution is 0.378. The summed E-state index contributed by atoms with van der Waals surface area (Å²) in [6, 6.07) is 6.19. The first kappa shape index (κ1) is 12.5. The lowest BCUT2D eigenvalue weighted by Crippen LogP contribution is -2.25. The lowest BCUT2D eigenvalue weighted by Gasteiger charge is -2.17. The number of hydrogen-bond donors (Lipinski definition) is 1. The van der Waals surface area contributed by atoms with Gasteiger partial charge in [-0.3, -0.25) is 0 Å². The molecule has 0 bridgehead atoms. The number of benzene rings is 1. The molecular weight excluding hydrogens is 242 g/mol. The van der Waals surface area contributed by atoms with E-state index in [-0.39, 0.29) is 0 Å². The molecule has 0 amide bonds. The Bertz CT molecular complexity index is 409. The van der Waals surface area contributed by atoms with Crippen LogP contribution in [0.4, 0.5) is 0 Å². The molecule has 2 saturated carbocycles. The van der Waals surface area contributed by atoms with Gasteiger partial charge < -0.3 is 5.32 Å². The van der Waals surface area contributed by atoms with Gasteiger partial charge in [0.2, 0.25) is 0 Å². The van der Waals surface area contributed by atoms with Crippen LogP contribution < -0.4 is 5.32 Å². The first-order valence-electron chi connectivity index (χ1n) is 7.20. The highest BCUT2D eigenvalue weighted by Crippen LogP contribution is 2.48. The van der Waals surface area contributed by atoms with Crippen molar-refractivity contribution in [3.05, 3.63) is 34.3 Å². The molecule has 1 nitrogen and oxygen atoms in total. The molecule has 0 saturated heterocycles. The first-order valence-corrected chi connectivity index (χ1v) is 7.57. The van der Waals surface area contributed by atoms with Gasteiger partial charge in [-0.15, -0.1) is 0 Å². The minimum absolute atomic E-state index is 0.838. The van der Waals surface area contributed by atoms with Gasteiger partial charge in [-0.25, -0.2) is 0 Å². The zero-order valence-electron chi connectivity index (χ0n) is 11.1. The summed E-state index contributed by atoms with van der Waals surface area (Å²) in [6.45, 7) is 4.33. The molecule has 0 atom stereocenters. The van der Waals surface area contributed by atoms with E-state index in [0.717, 1.165) is 29.3 Å². The van der Waals surface area contributed by atoms with Gasteiger partial charge in [0, 0.05) is 11.6 Å². The third-order valence-corrected chi connectivity index (χ3v) is 4.69. The van der Waals surface area contributed by atoms with E-state index in [2.05, 4.69) is 24.4 Å². The molecule has 2 aliphatic rings. The quantitative estimate of drug-likeness (QED) is 0.812. The number of hydrogen-bond acceptors (Lipinski definition) is 1. The van der Waals surface area contributed by atoms with Gasteiger partial charge in [-0.05, 0) is 80.2 Å². The van der Waals surface area contributed by atoms with Gasteiger partial charge in [0.25, 0.3) is 0 Å². The zero-order valence-corrected chi connectivity index (χ0v) is 11.8. The van der Waals surface area contributed by atoms with Gasteiger partial charge in [0.15, 0.2) is 0 Å². The van der Waals surface area contributed by atoms with E-state index in [1.165, 1.54) is 43.4 Å². The predicted molar refractivity (Wildman–Crippen MR) is 76.8 cm³/mol. The van der Waals surface area contributed by atoms with Crippen molar-refractivity contribution >= 4 is 11.6 Å². The molecule has 18 heavy (non-hydrogen) atoms. The maximum Gasteiger partial charge on any atom is 0.0408 e. The van der Waals surface area contributed by atoms with Crippen molar-refractivity contribution in [2.75, 3.05) is 6.54 Å². The van der Waals surface area contributed by atoms with Crippen molar-refractivity contribution in [3.8, 4) is 0 Å². The molecule has 2 heteroatoms. The fraction of sp³-hybridized carbons (Fsp3) is 0.625. The van der Waals surface area contributed by atoms with Gasteiger partial charge in [-0.1, -0.05) is 17.7 Å². The molecule has 0 spiro atoms. The Hall–Kier alpha value is -0.530. The van der Waals surface area contributed by atoms with Crippen molar-refractivity contribution in [1.29, 1.82) is 0 Å². The summed E-state index contributed by atoms with van der Waals surface area (Å²) in [4.78, 5) is 0. The summed E-state index contributed by atoms with van der Waals surface area (Å²) in [5, 5.41) is 4.50. The van der Waals surface area contributed by atoms with Crippen LogP contribution in [0.1, 0.15) is 36.8 Å². The van der Waals surface area contributed by atoms with Crippen LogP contribution in [0, 0.1) is 24.7 Å². The molecule has 1 aromatic carbocycles. The number of aryl methyl sites for hydroxylation is 1. The highest BCUT2D eigenvalue weighted by atomic mass is 35.5. The largest absolute Gasteiger partial charge is 0.312 e. The van der Waals surface area contributed by atoms with E-state index < -0.39 is 0 Å². The Kier molecular flexibility index (Phi) is 3.63. The highest BCUT2D eigenvalue weighted by Gasteiger charge is 2.40. The molecule has 0 heterocycles. The van der Waals surface area contributed by atoms with Crippen LogP contribution in [0.2, 0.25) is 5.02 Å². The Labute approximate surface area is 115 Å². The Morgan fingerprint density at radius 2 is 1.89 bits per heavy atom. The summed E-state index contributed by atoms with van der Waals surface area (Å²) >= 11 is 5.98. The fourth-order valence-corrected chi connectivity index (χ4v) is 3.22. The average Bonchev–Trinajstić information content (AvgIpc) is 3.20. The van der Waals surface area contributed by atoms with Crippen LogP contribution in [0.3, 0.4) is 0 Å². The third kappa shape index (κ3) is 3.07. The number of nitrogens with one attached hydrogen (secondary N) is 1. The van der Waals surface area contributed by atoms with E-state index in [0.29, 0.717) is 0 Å². The van der Waals surface area contributed by atoms with Crippen LogP contribution in [0.15, 0.2) is 18.2 Å². The van der Waals surface area contributed by atoms with Gasteiger partial charge in [0.1, 0.15) is 0 Å². The van der Waals surface area contributed by atoms with Crippen LogP contribution in [0.5, 0.6) is 0 Å².